The average molecular weight is 116 g/mol. The normalized spacial score (nSPS) is 20.5. The summed E-state index contributed by atoms with van der Waals surface area (Å²) in [7, 11) is 0. The molecule has 0 unspecified atom stereocenters. The highest BCUT2D eigenvalue weighted by atomic mass is 16.2. The first-order valence-electron chi connectivity index (χ1n) is 2.30. The molecule has 1 aliphatic heterocycles. The number of nitrogens with zero attached hydrogens (tertiary/aromatic N) is 2. The molecule has 5 heteroatoms. The lowest BCUT2D eigenvalue weighted by Crippen LogP contribution is -2.39. The van der Waals surface area contributed by atoms with Crippen LogP contribution in [0.2, 0.25) is 0 Å². The first-order chi connectivity index (χ1) is 3.72. The largest absolute Gasteiger partial charge is 0.348 e. The van der Waals surface area contributed by atoms with E-state index in [0.717, 1.165) is 10.0 Å². The van der Waals surface area contributed by atoms with Gasteiger partial charge in [0, 0.05) is 0 Å². The Kier molecular flexibility index (Phi) is 1.07. The fourth-order valence-corrected chi connectivity index (χ4v) is 0.572. The Morgan fingerprint density at radius 3 is 1.75 bits per heavy atom. The van der Waals surface area contributed by atoms with Crippen LogP contribution in [0.3, 0.4) is 0 Å². The van der Waals surface area contributed by atoms with Gasteiger partial charge in [0.1, 0.15) is 0 Å². The van der Waals surface area contributed by atoms with E-state index >= 15 is 0 Å². The third-order valence-corrected chi connectivity index (χ3v) is 1.07. The van der Waals surface area contributed by atoms with Gasteiger partial charge in [0.2, 0.25) is 0 Å². The summed E-state index contributed by atoms with van der Waals surface area (Å²) in [6.45, 7) is 1.05. The van der Waals surface area contributed by atoms with E-state index in [2.05, 4.69) is 0 Å². The van der Waals surface area contributed by atoms with Crippen LogP contribution in [-0.2, 0) is 0 Å². The molecule has 1 rings (SSSR count). The van der Waals surface area contributed by atoms with Gasteiger partial charge >= 0.3 is 6.03 Å². The zero-order valence-corrected chi connectivity index (χ0v) is 4.37. The van der Waals surface area contributed by atoms with E-state index in [0.29, 0.717) is 13.1 Å². The second-order valence-electron chi connectivity index (χ2n) is 1.67. The maximum absolute atomic E-state index is 10.5. The van der Waals surface area contributed by atoms with Gasteiger partial charge in [0.25, 0.3) is 0 Å². The summed E-state index contributed by atoms with van der Waals surface area (Å²) in [4.78, 5) is 10.5. The summed E-state index contributed by atoms with van der Waals surface area (Å²) in [6.07, 6.45) is 0. The van der Waals surface area contributed by atoms with E-state index in [1.54, 1.807) is 0 Å². The lowest BCUT2D eigenvalue weighted by atomic mass is 10.7. The van der Waals surface area contributed by atoms with E-state index in [1.807, 2.05) is 0 Å². The number of carbonyl (C=O) groups is 1. The molecule has 5 nitrogen and oxygen atoms in total. The standard InChI is InChI=1S/C3H8N4O/c4-6-1-2-7(5)3(6)8/h1-2,4-5H2. The number of hydrogen-bond donors (Lipinski definition) is 2. The van der Waals surface area contributed by atoms with Crippen LogP contribution in [0, 0.1) is 0 Å². The second-order valence-corrected chi connectivity index (χ2v) is 1.67. The fraction of sp³-hybridized carbons (Fsp3) is 0.667. The van der Waals surface area contributed by atoms with Crippen LogP contribution < -0.4 is 11.7 Å². The molecule has 0 spiro atoms. The van der Waals surface area contributed by atoms with Crippen LogP contribution in [0.15, 0.2) is 0 Å². The molecule has 1 aliphatic rings. The molecule has 0 saturated carbocycles. The van der Waals surface area contributed by atoms with Gasteiger partial charge in [-0.15, -0.1) is 0 Å². The van der Waals surface area contributed by atoms with Crippen molar-refractivity contribution in [3.8, 4) is 0 Å². The SMILES string of the molecule is NN1CCN(N)C1=O. The molecular formula is C3H8N4O. The molecule has 0 aromatic rings. The van der Waals surface area contributed by atoms with Gasteiger partial charge in [-0.25, -0.2) is 16.5 Å². The van der Waals surface area contributed by atoms with Crippen molar-refractivity contribution in [1.29, 1.82) is 0 Å². The minimum Gasteiger partial charge on any atom is -0.259 e. The van der Waals surface area contributed by atoms with E-state index in [1.165, 1.54) is 0 Å². The highest BCUT2D eigenvalue weighted by Crippen LogP contribution is 1.95. The lowest BCUT2D eigenvalue weighted by molar-refractivity contribution is 0.193. The second kappa shape index (κ2) is 1.61. The topological polar surface area (TPSA) is 75.6 Å². The number of carbonyl (C=O) groups excluding carboxylic acids is 1. The maximum Gasteiger partial charge on any atom is 0.348 e. The third-order valence-electron chi connectivity index (χ3n) is 1.07. The average Bonchev–Trinajstić information content (AvgIpc) is 1.98. The minimum atomic E-state index is -0.315. The Labute approximate surface area is 46.8 Å². The number of hydrogen-bond acceptors (Lipinski definition) is 3. The van der Waals surface area contributed by atoms with Crippen molar-refractivity contribution in [2.24, 2.45) is 11.7 Å². The number of hydrazine groups is 2. The monoisotopic (exact) mass is 116 g/mol. The van der Waals surface area contributed by atoms with Gasteiger partial charge in [0.05, 0.1) is 13.1 Å². The highest BCUT2D eigenvalue weighted by molar-refractivity contribution is 5.74. The van der Waals surface area contributed by atoms with Crippen LogP contribution in [0.1, 0.15) is 0 Å². The first kappa shape index (κ1) is 5.33. The van der Waals surface area contributed by atoms with Crippen molar-refractivity contribution in [2.45, 2.75) is 0 Å². The van der Waals surface area contributed by atoms with Crippen molar-refractivity contribution in [1.82, 2.24) is 10.0 Å². The van der Waals surface area contributed by atoms with E-state index in [4.69, 9.17) is 11.7 Å². The minimum absolute atomic E-state index is 0.315. The zero-order valence-electron chi connectivity index (χ0n) is 4.37. The first-order valence-corrected chi connectivity index (χ1v) is 2.30. The van der Waals surface area contributed by atoms with Crippen LogP contribution >= 0.6 is 0 Å². The molecule has 8 heavy (non-hydrogen) atoms. The number of rotatable bonds is 0. The van der Waals surface area contributed by atoms with Crippen molar-refractivity contribution < 1.29 is 4.79 Å². The predicted molar refractivity (Wildman–Crippen MR) is 27.2 cm³/mol. The summed E-state index contributed by atoms with van der Waals surface area (Å²) in [5.41, 5.74) is 0. The summed E-state index contributed by atoms with van der Waals surface area (Å²) < 4.78 is 0. The van der Waals surface area contributed by atoms with Gasteiger partial charge in [-0.1, -0.05) is 0 Å². The molecule has 0 atom stereocenters. The molecule has 0 aromatic carbocycles. The molecule has 1 saturated heterocycles. The smallest absolute Gasteiger partial charge is 0.259 e. The van der Waals surface area contributed by atoms with Gasteiger partial charge < -0.3 is 0 Å². The van der Waals surface area contributed by atoms with Crippen molar-refractivity contribution >= 4 is 6.03 Å². The number of urea groups is 1. The molecule has 46 valence electrons. The Hall–Kier alpha value is -0.810. The summed E-state index contributed by atoms with van der Waals surface area (Å²) in [5.74, 6) is 10.3. The van der Waals surface area contributed by atoms with Gasteiger partial charge in [-0.3, -0.25) is 10.0 Å². The quantitative estimate of drug-likeness (QED) is 0.298. The van der Waals surface area contributed by atoms with Crippen LogP contribution in [-0.4, -0.2) is 29.1 Å². The molecule has 1 heterocycles. The lowest BCUT2D eigenvalue weighted by Gasteiger charge is -2.06. The maximum atomic E-state index is 10.5. The number of amides is 2. The molecule has 0 aromatic heterocycles. The van der Waals surface area contributed by atoms with Crippen molar-refractivity contribution in [3.63, 3.8) is 0 Å². The molecule has 1 fully saturated rings. The molecule has 0 radical (unpaired) electrons. The van der Waals surface area contributed by atoms with Gasteiger partial charge in [0.15, 0.2) is 0 Å². The Bertz CT molecular complexity index is 102. The number of nitrogens with two attached hydrogens (primary N) is 2. The van der Waals surface area contributed by atoms with Crippen LogP contribution in [0.5, 0.6) is 0 Å². The Morgan fingerprint density at radius 2 is 1.62 bits per heavy atom. The van der Waals surface area contributed by atoms with E-state index in [9.17, 15) is 4.79 Å². The summed E-state index contributed by atoms with van der Waals surface area (Å²) in [5, 5.41) is 2.17. The van der Waals surface area contributed by atoms with E-state index < -0.39 is 0 Å². The molecule has 0 aliphatic carbocycles. The van der Waals surface area contributed by atoms with E-state index in [-0.39, 0.29) is 6.03 Å². The third kappa shape index (κ3) is 0.613. The highest BCUT2D eigenvalue weighted by Gasteiger charge is 2.22. The zero-order chi connectivity index (χ0) is 6.15. The molecular weight excluding hydrogens is 108 g/mol. The van der Waals surface area contributed by atoms with Gasteiger partial charge in [-0.05, 0) is 0 Å². The Balaban J connectivity index is 2.57. The fourth-order valence-electron chi connectivity index (χ4n) is 0.572. The predicted octanol–water partition coefficient (Wildman–Crippen LogP) is -1.53. The van der Waals surface area contributed by atoms with Crippen molar-refractivity contribution in [3.05, 3.63) is 0 Å². The van der Waals surface area contributed by atoms with Crippen LogP contribution in [0.25, 0.3) is 0 Å². The Morgan fingerprint density at radius 1 is 1.25 bits per heavy atom. The summed E-state index contributed by atoms with van der Waals surface area (Å²) in [6, 6.07) is -0.315. The summed E-state index contributed by atoms with van der Waals surface area (Å²) >= 11 is 0. The van der Waals surface area contributed by atoms with Gasteiger partial charge in [-0.2, -0.15) is 0 Å². The van der Waals surface area contributed by atoms with Crippen LogP contribution in [0.4, 0.5) is 4.79 Å². The van der Waals surface area contributed by atoms with Crippen molar-refractivity contribution in [2.75, 3.05) is 13.1 Å². The molecule has 0 bridgehead atoms. The molecule has 4 N–H and O–H groups in total. The molecule has 2 amide bonds.